The van der Waals surface area contributed by atoms with Crippen LogP contribution in [0, 0.1) is 83.1 Å². The average molecular weight is 924 g/mol. The molecule has 0 unspecified atom stereocenters. The number of benzene rings is 9. The summed E-state index contributed by atoms with van der Waals surface area (Å²) in [4.78, 5) is 5.03. The van der Waals surface area contributed by atoms with Gasteiger partial charge in [-0.2, -0.15) is 0 Å². The molecule has 0 radical (unpaired) electrons. The number of aromatic nitrogens is 1. The standard InChI is InChI=1S/C66H57N3O2/c1-34-24-46(25-35(2)42(34)9)67(47-26-36(3)43(10)37(4)27-47)56-32-54-50-18-13-15-22-58(50)70-65(54)63-60(56)52-20-17-21-53-61-57(33-55-51-19-14-16-23-59(51)71-66(55)64(61)69(63)62(52)53)68(48-28-38(5)44(11)39(6)29-48)49-30-40(7)45(12)41(8)31-49/h13-33H,1-12H3. The van der Waals surface area contributed by atoms with E-state index in [1.54, 1.807) is 0 Å². The van der Waals surface area contributed by atoms with E-state index >= 15 is 0 Å². The third-order valence-electron chi connectivity index (χ3n) is 16.7. The van der Waals surface area contributed by atoms with Gasteiger partial charge in [0.15, 0.2) is 11.2 Å². The van der Waals surface area contributed by atoms with Crippen molar-refractivity contribution in [3.8, 4) is 0 Å². The van der Waals surface area contributed by atoms with Gasteiger partial charge in [0.2, 0.25) is 0 Å². The van der Waals surface area contributed by atoms with Gasteiger partial charge in [0.05, 0.1) is 16.9 Å². The van der Waals surface area contributed by atoms with Gasteiger partial charge in [0, 0.05) is 65.8 Å². The SMILES string of the molecule is Cc1cc(N(c2cc(C)c(C)c(C)c2)c2cc3c4ccccc4oc3c3c2c2cccc4c5c(N(c6cc(C)c(C)c(C)c6)c6cc(C)c(C)c(C)c6)cc6c7ccccc7oc6c5n3c24)cc(C)c1C. The Morgan fingerprint density at radius 1 is 0.310 bits per heavy atom. The second kappa shape index (κ2) is 15.2. The molecule has 4 aromatic heterocycles. The Balaban J connectivity index is 1.28. The summed E-state index contributed by atoms with van der Waals surface area (Å²) in [5.74, 6) is 0. The number of para-hydroxylation sites is 3. The monoisotopic (exact) mass is 923 g/mol. The summed E-state index contributed by atoms with van der Waals surface area (Å²) >= 11 is 0. The highest BCUT2D eigenvalue weighted by Crippen LogP contribution is 2.55. The van der Waals surface area contributed by atoms with Crippen molar-refractivity contribution in [1.29, 1.82) is 0 Å². The van der Waals surface area contributed by atoms with Crippen molar-refractivity contribution in [2.24, 2.45) is 0 Å². The van der Waals surface area contributed by atoms with Gasteiger partial charge in [-0.3, -0.25) is 0 Å². The minimum atomic E-state index is 0.855. The lowest BCUT2D eigenvalue weighted by Gasteiger charge is -2.29. The maximum atomic E-state index is 7.21. The molecule has 0 N–H and O–H groups in total. The summed E-state index contributed by atoms with van der Waals surface area (Å²) in [5.41, 5.74) is 28.7. The normalized spacial score (nSPS) is 12.2. The first-order chi connectivity index (χ1) is 34.2. The number of furan rings is 2. The first-order valence-electron chi connectivity index (χ1n) is 25.0. The predicted octanol–water partition coefficient (Wildman–Crippen LogP) is 19.3. The molecule has 0 aliphatic carbocycles. The molecule has 0 saturated heterocycles. The lowest BCUT2D eigenvalue weighted by Crippen LogP contribution is -2.13. The number of fused-ring (bicyclic) bond motifs is 14. The van der Waals surface area contributed by atoms with E-state index in [9.17, 15) is 0 Å². The molecule has 0 fully saturated rings. The van der Waals surface area contributed by atoms with Crippen LogP contribution in [0.5, 0.6) is 0 Å². The number of anilines is 6. The predicted molar refractivity (Wildman–Crippen MR) is 302 cm³/mol. The molecule has 5 nitrogen and oxygen atoms in total. The quantitative estimate of drug-likeness (QED) is 0.167. The summed E-state index contributed by atoms with van der Waals surface area (Å²) in [7, 11) is 0. The molecule has 4 heterocycles. The number of hydrogen-bond acceptors (Lipinski definition) is 4. The fraction of sp³-hybridized carbons (Fsp3) is 0.182. The van der Waals surface area contributed by atoms with Crippen LogP contribution in [0.1, 0.15) is 66.8 Å². The van der Waals surface area contributed by atoms with Gasteiger partial charge in [-0.25, -0.2) is 0 Å². The van der Waals surface area contributed by atoms with Crippen LogP contribution in [-0.2, 0) is 0 Å². The molecule has 13 rings (SSSR count). The van der Waals surface area contributed by atoms with Crippen LogP contribution >= 0.6 is 0 Å². The first-order valence-corrected chi connectivity index (χ1v) is 25.0. The van der Waals surface area contributed by atoms with E-state index in [0.29, 0.717) is 0 Å². The fourth-order valence-electron chi connectivity index (χ4n) is 11.9. The van der Waals surface area contributed by atoms with E-state index < -0.39 is 0 Å². The number of nitrogens with zero attached hydrogens (tertiary/aromatic N) is 3. The van der Waals surface area contributed by atoms with E-state index in [1.165, 1.54) is 66.8 Å². The largest absolute Gasteiger partial charge is 0.454 e. The second-order valence-electron chi connectivity index (χ2n) is 20.7. The molecule has 0 aliphatic heterocycles. The van der Waals surface area contributed by atoms with E-state index in [1.807, 2.05) is 0 Å². The maximum absolute atomic E-state index is 7.21. The van der Waals surface area contributed by atoms with Gasteiger partial charge in [-0.15, -0.1) is 0 Å². The molecular weight excluding hydrogens is 867 g/mol. The zero-order valence-corrected chi connectivity index (χ0v) is 42.8. The van der Waals surface area contributed by atoms with Crippen molar-refractivity contribution in [2.45, 2.75) is 83.1 Å². The smallest absolute Gasteiger partial charge is 0.160 e. The van der Waals surface area contributed by atoms with Gasteiger partial charge >= 0.3 is 0 Å². The van der Waals surface area contributed by atoms with Gasteiger partial charge in [0.25, 0.3) is 0 Å². The Kier molecular flexibility index (Phi) is 9.24. The zero-order chi connectivity index (χ0) is 49.0. The summed E-state index contributed by atoms with van der Waals surface area (Å²) in [5, 5.41) is 8.87. The third-order valence-corrected chi connectivity index (χ3v) is 16.7. The lowest BCUT2D eigenvalue weighted by molar-refractivity contribution is 0.670. The average Bonchev–Trinajstić information content (AvgIpc) is 4.11. The number of aryl methyl sites for hydroxylation is 8. The van der Waals surface area contributed by atoms with Crippen LogP contribution in [0.25, 0.3) is 82.0 Å². The van der Waals surface area contributed by atoms with Gasteiger partial charge in [-0.05, 0) is 223 Å². The van der Waals surface area contributed by atoms with Gasteiger partial charge in [0.1, 0.15) is 22.2 Å². The summed E-state index contributed by atoms with van der Waals surface area (Å²) in [6, 6.07) is 47.7. The van der Waals surface area contributed by atoms with Crippen molar-refractivity contribution in [3.05, 3.63) is 194 Å². The molecule has 9 aromatic carbocycles. The van der Waals surface area contributed by atoms with Crippen molar-refractivity contribution in [1.82, 2.24) is 4.40 Å². The maximum Gasteiger partial charge on any atom is 0.160 e. The minimum Gasteiger partial charge on any atom is -0.454 e. The third kappa shape index (κ3) is 6.05. The fourth-order valence-corrected chi connectivity index (χ4v) is 11.9. The van der Waals surface area contributed by atoms with Crippen LogP contribution in [0.2, 0.25) is 0 Å². The molecule has 0 spiro atoms. The van der Waals surface area contributed by atoms with Crippen LogP contribution in [0.4, 0.5) is 34.1 Å². The van der Waals surface area contributed by atoms with Crippen molar-refractivity contribution in [3.63, 3.8) is 0 Å². The summed E-state index contributed by atoms with van der Waals surface area (Å²) < 4.78 is 16.9. The Hall–Kier alpha value is -8.02. The van der Waals surface area contributed by atoms with Gasteiger partial charge < -0.3 is 23.0 Å². The minimum absolute atomic E-state index is 0.855. The van der Waals surface area contributed by atoms with Crippen LogP contribution < -0.4 is 9.80 Å². The molecule has 0 atom stereocenters. The second-order valence-corrected chi connectivity index (χ2v) is 20.7. The molecule has 0 saturated carbocycles. The molecular formula is C66H57N3O2. The summed E-state index contributed by atoms with van der Waals surface area (Å²) in [6.07, 6.45) is 0. The van der Waals surface area contributed by atoms with E-state index in [4.69, 9.17) is 8.83 Å². The topological polar surface area (TPSA) is 37.2 Å². The van der Waals surface area contributed by atoms with Crippen LogP contribution in [-0.4, -0.2) is 4.40 Å². The van der Waals surface area contributed by atoms with Crippen molar-refractivity contribution in [2.75, 3.05) is 9.80 Å². The highest BCUT2D eigenvalue weighted by atomic mass is 16.3. The molecule has 5 heteroatoms. The first kappa shape index (κ1) is 43.0. The zero-order valence-electron chi connectivity index (χ0n) is 42.8. The van der Waals surface area contributed by atoms with Crippen molar-refractivity contribution < 1.29 is 8.83 Å². The number of rotatable bonds is 6. The van der Waals surface area contributed by atoms with Crippen molar-refractivity contribution >= 4 is 116 Å². The van der Waals surface area contributed by atoms with Crippen LogP contribution in [0.15, 0.2) is 136 Å². The molecule has 71 heavy (non-hydrogen) atoms. The lowest BCUT2D eigenvalue weighted by atomic mass is 9.97. The molecule has 0 bridgehead atoms. The molecule has 13 aromatic rings. The number of hydrogen-bond donors (Lipinski definition) is 0. The molecule has 348 valence electrons. The van der Waals surface area contributed by atoms with E-state index in [0.717, 1.165) is 116 Å². The summed E-state index contributed by atoms with van der Waals surface area (Å²) in [6.45, 7) is 26.8. The molecule has 0 amide bonds. The Morgan fingerprint density at radius 3 is 0.930 bits per heavy atom. The highest BCUT2D eigenvalue weighted by molar-refractivity contribution is 6.36. The Morgan fingerprint density at radius 2 is 0.606 bits per heavy atom. The van der Waals surface area contributed by atoms with E-state index in [-0.39, 0.29) is 0 Å². The molecule has 0 aliphatic rings. The van der Waals surface area contributed by atoms with Gasteiger partial charge in [-0.1, -0.05) is 54.6 Å². The Bertz CT molecular complexity index is 3960. The van der Waals surface area contributed by atoms with E-state index in [2.05, 4.69) is 225 Å². The highest BCUT2D eigenvalue weighted by Gasteiger charge is 2.32. The Labute approximate surface area is 414 Å². The van der Waals surface area contributed by atoms with Crippen LogP contribution in [0.3, 0.4) is 0 Å².